The highest BCUT2D eigenvalue weighted by Crippen LogP contribution is 2.17. The number of aromatic nitrogens is 2. The fraction of sp³-hybridized carbons (Fsp3) is 0.769. The highest BCUT2D eigenvalue weighted by molar-refractivity contribution is 5.41. The van der Waals surface area contributed by atoms with Crippen LogP contribution in [0.1, 0.15) is 56.7 Å². The number of nitrogens with two attached hydrogens (primary N) is 1. The number of hydrogen-bond donors (Lipinski definition) is 1. The third-order valence-electron chi connectivity index (χ3n) is 3.20. The fourth-order valence-electron chi connectivity index (χ4n) is 2.01. The monoisotopic (exact) mass is 223 g/mol. The third kappa shape index (κ3) is 3.54. The summed E-state index contributed by atoms with van der Waals surface area (Å²) in [4.78, 5) is 0. The van der Waals surface area contributed by atoms with Crippen LogP contribution in [0.4, 0.5) is 5.82 Å². The maximum atomic E-state index is 5.87. The minimum absolute atomic E-state index is 0.806. The lowest BCUT2D eigenvalue weighted by atomic mass is 10.1. The number of unbranched alkanes of at least 4 members (excludes halogenated alkanes) is 5. The van der Waals surface area contributed by atoms with Crippen molar-refractivity contribution in [2.45, 2.75) is 58.8 Å². The highest BCUT2D eigenvalue weighted by atomic mass is 15.3. The van der Waals surface area contributed by atoms with E-state index >= 15 is 0 Å². The summed E-state index contributed by atoms with van der Waals surface area (Å²) in [6.07, 6.45) is 9.04. The number of rotatable bonds is 7. The highest BCUT2D eigenvalue weighted by Gasteiger charge is 2.08. The Labute approximate surface area is 99.0 Å². The molecular formula is C13H25N3. The molecule has 2 N–H and O–H groups in total. The van der Waals surface area contributed by atoms with Crippen LogP contribution < -0.4 is 5.73 Å². The molecule has 0 unspecified atom stereocenters. The molecule has 0 aliphatic carbocycles. The van der Waals surface area contributed by atoms with Crippen LogP contribution in [-0.2, 0) is 13.5 Å². The van der Waals surface area contributed by atoms with Crippen molar-refractivity contribution in [2.75, 3.05) is 5.73 Å². The van der Waals surface area contributed by atoms with Gasteiger partial charge in [0.05, 0.1) is 5.69 Å². The first-order valence-corrected chi connectivity index (χ1v) is 6.44. The van der Waals surface area contributed by atoms with E-state index in [1.807, 2.05) is 7.05 Å². The van der Waals surface area contributed by atoms with Crippen LogP contribution in [0.5, 0.6) is 0 Å². The Kier molecular flexibility index (Phi) is 5.36. The van der Waals surface area contributed by atoms with Gasteiger partial charge in [0.1, 0.15) is 5.82 Å². The quantitative estimate of drug-likeness (QED) is 0.721. The summed E-state index contributed by atoms with van der Waals surface area (Å²) in [7, 11) is 1.91. The maximum Gasteiger partial charge on any atom is 0.124 e. The molecule has 1 aromatic heterocycles. The van der Waals surface area contributed by atoms with Crippen molar-refractivity contribution >= 4 is 5.82 Å². The van der Waals surface area contributed by atoms with E-state index < -0.39 is 0 Å². The SMILES string of the molecule is CCCCCCCCc1nn(C)c(N)c1C. The summed E-state index contributed by atoms with van der Waals surface area (Å²) in [5, 5.41) is 4.44. The van der Waals surface area contributed by atoms with Crippen LogP contribution in [0.3, 0.4) is 0 Å². The standard InChI is InChI=1S/C13H25N3/c1-4-5-6-7-8-9-10-12-11(2)13(14)16(3)15-12/h4-10,14H2,1-3H3. The molecule has 0 aromatic carbocycles. The Morgan fingerprint density at radius 3 is 2.31 bits per heavy atom. The molecule has 3 nitrogen and oxygen atoms in total. The molecule has 0 radical (unpaired) electrons. The van der Waals surface area contributed by atoms with E-state index in [0.29, 0.717) is 0 Å². The lowest BCUT2D eigenvalue weighted by molar-refractivity contribution is 0.601. The van der Waals surface area contributed by atoms with Gasteiger partial charge in [-0.25, -0.2) is 0 Å². The van der Waals surface area contributed by atoms with Gasteiger partial charge in [0.25, 0.3) is 0 Å². The van der Waals surface area contributed by atoms with Gasteiger partial charge in [-0.3, -0.25) is 4.68 Å². The molecule has 0 saturated carbocycles. The molecule has 1 rings (SSSR count). The molecule has 0 bridgehead atoms. The Hall–Kier alpha value is -0.990. The number of nitrogens with zero attached hydrogens (tertiary/aromatic N) is 2. The average molecular weight is 223 g/mol. The summed E-state index contributed by atoms with van der Waals surface area (Å²) in [5.41, 5.74) is 8.21. The van der Waals surface area contributed by atoms with E-state index in [2.05, 4.69) is 18.9 Å². The summed E-state index contributed by atoms with van der Waals surface area (Å²) in [6.45, 7) is 4.31. The van der Waals surface area contributed by atoms with Crippen molar-refractivity contribution in [1.82, 2.24) is 9.78 Å². The fourth-order valence-corrected chi connectivity index (χ4v) is 2.01. The number of hydrogen-bond acceptors (Lipinski definition) is 2. The van der Waals surface area contributed by atoms with Gasteiger partial charge < -0.3 is 5.73 Å². The third-order valence-corrected chi connectivity index (χ3v) is 3.20. The second kappa shape index (κ2) is 6.56. The molecule has 0 aliphatic heterocycles. The van der Waals surface area contributed by atoms with Gasteiger partial charge in [0, 0.05) is 12.6 Å². The Bertz CT molecular complexity index is 315. The smallest absolute Gasteiger partial charge is 0.124 e. The molecular weight excluding hydrogens is 198 g/mol. The van der Waals surface area contributed by atoms with E-state index in [0.717, 1.165) is 17.8 Å². The first-order chi connectivity index (χ1) is 7.66. The lowest BCUT2D eigenvalue weighted by Crippen LogP contribution is -1.97. The van der Waals surface area contributed by atoms with E-state index in [1.54, 1.807) is 4.68 Å². The van der Waals surface area contributed by atoms with Crippen molar-refractivity contribution in [2.24, 2.45) is 7.05 Å². The van der Waals surface area contributed by atoms with Crippen molar-refractivity contribution in [3.63, 3.8) is 0 Å². The maximum absolute atomic E-state index is 5.87. The van der Waals surface area contributed by atoms with Crippen molar-refractivity contribution in [3.05, 3.63) is 11.3 Å². The molecule has 16 heavy (non-hydrogen) atoms. The van der Waals surface area contributed by atoms with Crippen LogP contribution in [0.25, 0.3) is 0 Å². The molecule has 1 heterocycles. The van der Waals surface area contributed by atoms with Crippen LogP contribution in [0, 0.1) is 6.92 Å². The Balaban J connectivity index is 2.24. The van der Waals surface area contributed by atoms with Crippen molar-refractivity contribution in [1.29, 1.82) is 0 Å². The first kappa shape index (κ1) is 13.1. The van der Waals surface area contributed by atoms with Gasteiger partial charge >= 0.3 is 0 Å². The molecule has 92 valence electrons. The first-order valence-electron chi connectivity index (χ1n) is 6.44. The van der Waals surface area contributed by atoms with Gasteiger partial charge in [-0.1, -0.05) is 39.0 Å². The molecule has 0 fully saturated rings. The molecule has 0 amide bonds. The topological polar surface area (TPSA) is 43.8 Å². The molecule has 1 aromatic rings. The largest absolute Gasteiger partial charge is 0.384 e. The van der Waals surface area contributed by atoms with Gasteiger partial charge in [-0.2, -0.15) is 5.10 Å². The second-order valence-electron chi connectivity index (χ2n) is 4.60. The average Bonchev–Trinajstić information content (AvgIpc) is 2.51. The van der Waals surface area contributed by atoms with E-state index in [9.17, 15) is 0 Å². The van der Waals surface area contributed by atoms with Crippen LogP contribution >= 0.6 is 0 Å². The van der Waals surface area contributed by atoms with E-state index in [1.165, 1.54) is 44.2 Å². The zero-order valence-corrected chi connectivity index (χ0v) is 10.9. The minimum atomic E-state index is 0.806. The zero-order valence-electron chi connectivity index (χ0n) is 10.9. The van der Waals surface area contributed by atoms with Crippen LogP contribution in [0.15, 0.2) is 0 Å². The van der Waals surface area contributed by atoms with Gasteiger partial charge in [0.2, 0.25) is 0 Å². The van der Waals surface area contributed by atoms with E-state index in [-0.39, 0.29) is 0 Å². The van der Waals surface area contributed by atoms with Gasteiger partial charge in [-0.05, 0) is 19.8 Å². The molecule has 0 aliphatic rings. The summed E-state index contributed by atoms with van der Waals surface area (Å²) in [6, 6.07) is 0. The van der Waals surface area contributed by atoms with Gasteiger partial charge in [-0.15, -0.1) is 0 Å². The zero-order chi connectivity index (χ0) is 12.0. The lowest BCUT2D eigenvalue weighted by Gasteiger charge is -2.00. The normalized spacial score (nSPS) is 10.9. The number of anilines is 1. The Morgan fingerprint density at radius 2 is 1.75 bits per heavy atom. The van der Waals surface area contributed by atoms with Crippen molar-refractivity contribution < 1.29 is 0 Å². The summed E-state index contributed by atoms with van der Waals surface area (Å²) >= 11 is 0. The van der Waals surface area contributed by atoms with Crippen LogP contribution in [0.2, 0.25) is 0 Å². The summed E-state index contributed by atoms with van der Waals surface area (Å²) < 4.78 is 1.78. The number of nitrogen functional groups attached to an aromatic ring is 1. The molecule has 0 saturated heterocycles. The summed E-state index contributed by atoms with van der Waals surface area (Å²) in [5.74, 6) is 0.806. The minimum Gasteiger partial charge on any atom is -0.384 e. The van der Waals surface area contributed by atoms with Crippen molar-refractivity contribution in [3.8, 4) is 0 Å². The molecule has 0 atom stereocenters. The number of aryl methyl sites for hydroxylation is 2. The Morgan fingerprint density at radius 1 is 1.12 bits per heavy atom. The predicted molar refractivity (Wildman–Crippen MR) is 69.4 cm³/mol. The van der Waals surface area contributed by atoms with Gasteiger partial charge in [0.15, 0.2) is 0 Å². The van der Waals surface area contributed by atoms with E-state index in [4.69, 9.17) is 5.73 Å². The van der Waals surface area contributed by atoms with Crippen LogP contribution in [-0.4, -0.2) is 9.78 Å². The molecule has 3 heteroatoms. The second-order valence-corrected chi connectivity index (χ2v) is 4.60. The predicted octanol–water partition coefficient (Wildman–Crippen LogP) is 3.21. The molecule has 0 spiro atoms.